The third kappa shape index (κ3) is 3.98. The molecule has 7 heteroatoms. The Bertz CT molecular complexity index is 610. The van der Waals surface area contributed by atoms with E-state index in [1.165, 1.54) is 0 Å². The van der Waals surface area contributed by atoms with E-state index in [0.717, 1.165) is 17.1 Å². The van der Waals surface area contributed by atoms with Crippen LogP contribution < -0.4 is 10.1 Å². The first-order valence-corrected chi connectivity index (χ1v) is 6.07. The largest absolute Gasteiger partial charge is 0.453 e. The molecule has 0 radical (unpaired) electrons. The number of carbonyl (C=O) groups is 1. The monoisotopic (exact) mass is 273 g/mol. The average molecular weight is 273 g/mol. The van der Waals surface area contributed by atoms with Gasteiger partial charge in [0.1, 0.15) is 0 Å². The van der Waals surface area contributed by atoms with Crippen molar-refractivity contribution in [2.24, 2.45) is 0 Å². The van der Waals surface area contributed by atoms with Crippen LogP contribution in [0.25, 0.3) is 0 Å². The van der Waals surface area contributed by atoms with Crippen molar-refractivity contribution in [2.75, 3.05) is 11.9 Å². The molecular weight excluding hydrogens is 258 g/mol. The number of hydrogen-bond donors (Lipinski definition) is 1. The predicted octanol–water partition coefficient (Wildman–Crippen LogP) is 1.21. The molecule has 0 fully saturated rings. The van der Waals surface area contributed by atoms with Crippen LogP contribution in [0.15, 0.2) is 18.3 Å². The molecule has 2 aromatic heterocycles. The molecule has 2 aromatic rings. The minimum atomic E-state index is -0.361. The maximum Gasteiger partial charge on any atom is 0.317 e. The number of nitrogens with one attached hydrogen (secondary N) is 1. The minimum Gasteiger partial charge on any atom is -0.453 e. The standard InChI is InChI=1S/C13H15N5O2/c1-8-4-5-14-13(17-8)20-7-11(19)18-12-15-9(2)6-10(3)16-12/h4-6H,7H2,1-3H3,(H,15,16,18,19). The molecule has 1 amide bonds. The van der Waals surface area contributed by atoms with Crippen LogP contribution >= 0.6 is 0 Å². The number of ether oxygens (including phenoxy) is 1. The molecule has 0 saturated carbocycles. The Hall–Kier alpha value is -2.57. The first-order valence-electron chi connectivity index (χ1n) is 6.07. The van der Waals surface area contributed by atoms with E-state index in [0.29, 0.717) is 0 Å². The van der Waals surface area contributed by atoms with Crippen molar-refractivity contribution >= 4 is 11.9 Å². The molecule has 0 saturated heterocycles. The van der Waals surface area contributed by atoms with E-state index < -0.39 is 0 Å². The van der Waals surface area contributed by atoms with Gasteiger partial charge in [0.15, 0.2) is 6.61 Å². The van der Waals surface area contributed by atoms with Crippen molar-refractivity contribution in [1.82, 2.24) is 19.9 Å². The molecule has 0 spiro atoms. The number of hydrogen-bond acceptors (Lipinski definition) is 6. The maximum atomic E-state index is 11.7. The predicted molar refractivity (Wildman–Crippen MR) is 72.4 cm³/mol. The highest BCUT2D eigenvalue weighted by molar-refractivity contribution is 5.90. The molecule has 1 N–H and O–H groups in total. The van der Waals surface area contributed by atoms with Gasteiger partial charge in [-0.25, -0.2) is 19.9 Å². The number of rotatable bonds is 4. The van der Waals surface area contributed by atoms with Crippen molar-refractivity contribution in [3.05, 3.63) is 35.4 Å². The van der Waals surface area contributed by atoms with Crippen molar-refractivity contribution in [3.63, 3.8) is 0 Å². The number of aryl methyl sites for hydroxylation is 3. The Kier molecular flexibility index (Phi) is 4.19. The summed E-state index contributed by atoms with van der Waals surface area (Å²) in [7, 11) is 0. The fourth-order valence-corrected chi connectivity index (χ4v) is 1.57. The minimum absolute atomic E-state index is 0.168. The molecule has 0 aliphatic carbocycles. The summed E-state index contributed by atoms with van der Waals surface area (Å²) in [6.07, 6.45) is 1.57. The molecule has 7 nitrogen and oxygen atoms in total. The first-order chi connectivity index (χ1) is 9.52. The van der Waals surface area contributed by atoms with Crippen LogP contribution in [0.3, 0.4) is 0 Å². The summed E-state index contributed by atoms with van der Waals surface area (Å²) in [5, 5.41) is 2.57. The fraction of sp³-hybridized carbons (Fsp3) is 0.308. The summed E-state index contributed by atoms with van der Waals surface area (Å²) < 4.78 is 5.19. The highest BCUT2D eigenvalue weighted by Crippen LogP contribution is 2.04. The first kappa shape index (κ1) is 13.9. The molecular formula is C13H15N5O2. The lowest BCUT2D eigenvalue weighted by Crippen LogP contribution is -2.22. The quantitative estimate of drug-likeness (QED) is 0.900. The number of nitrogens with zero attached hydrogens (tertiary/aromatic N) is 4. The molecule has 0 atom stereocenters. The second-order valence-electron chi connectivity index (χ2n) is 4.29. The van der Waals surface area contributed by atoms with Crippen LogP contribution in [0, 0.1) is 20.8 Å². The van der Waals surface area contributed by atoms with Gasteiger partial charge in [0.05, 0.1) is 0 Å². The number of amides is 1. The lowest BCUT2D eigenvalue weighted by atomic mass is 10.4. The summed E-state index contributed by atoms with van der Waals surface area (Å²) in [5.74, 6) is -0.0960. The van der Waals surface area contributed by atoms with Gasteiger partial charge in [0, 0.05) is 23.3 Å². The van der Waals surface area contributed by atoms with E-state index in [2.05, 4.69) is 25.3 Å². The smallest absolute Gasteiger partial charge is 0.317 e. The van der Waals surface area contributed by atoms with Crippen LogP contribution in [0.5, 0.6) is 6.01 Å². The van der Waals surface area contributed by atoms with Gasteiger partial charge in [-0.2, -0.15) is 0 Å². The molecule has 104 valence electrons. The number of anilines is 1. The molecule has 2 rings (SSSR count). The topological polar surface area (TPSA) is 89.9 Å². The molecule has 0 bridgehead atoms. The number of aromatic nitrogens is 4. The van der Waals surface area contributed by atoms with Crippen LogP contribution in [-0.2, 0) is 4.79 Å². The Balaban J connectivity index is 1.92. The lowest BCUT2D eigenvalue weighted by Gasteiger charge is -2.06. The highest BCUT2D eigenvalue weighted by atomic mass is 16.5. The van der Waals surface area contributed by atoms with Gasteiger partial charge >= 0.3 is 6.01 Å². The van der Waals surface area contributed by atoms with Crippen LogP contribution in [-0.4, -0.2) is 32.4 Å². The normalized spacial score (nSPS) is 10.2. The Labute approximate surface area is 116 Å². The second-order valence-corrected chi connectivity index (χ2v) is 4.29. The third-order valence-electron chi connectivity index (χ3n) is 2.34. The second kappa shape index (κ2) is 6.05. The van der Waals surface area contributed by atoms with Crippen LogP contribution in [0.4, 0.5) is 5.95 Å². The Morgan fingerprint density at radius 1 is 1.15 bits per heavy atom. The van der Waals surface area contributed by atoms with Gasteiger partial charge in [-0.15, -0.1) is 0 Å². The van der Waals surface area contributed by atoms with Gasteiger partial charge in [-0.05, 0) is 32.9 Å². The van der Waals surface area contributed by atoms with E-state index in [-0.39, 0.29) is 24.5 Å². The lowest BCUT2D eigenvalue weighted by molar-refractivity contribution is -0.118. The molecule has 0 aliphatic heterocycles. The molecule has 0 aromatic carbocycles. The summed E-state index contributed by atoms with van der Waals surface area (Å²) in [5.41, 5.74) is 2.35. The third-order valence-corrected chi connectivity index (χ3v) is 2.34. The SMILES string of the molecule is Cc1cc(C)nc(NC(=O)COc2nccc(C)n2)n1. The van der Waals surface area contributed by atoms with Crippen molar-refractivity contribution in [1.29, 1.82) is 0 Å². The molecule has 0 unspecified atom stereocenters. The Morgan fingerprint density at radius 3 is 2.50 bits per heavy atom. The van der Waals surface area contributed by atoms with E-state index in [1.807, 2.05) is 26.8 Å². The number of carbonyl (C=O) groups excluding carboxylic acids is 1. The average Bonchev–Trinajstić information content (AvgIpc) is 2.35. The van der Waals surface area contributed by atoms with Crippen LogP contribution in [0.2, 0.25) is 0 Å². The molecule has 0 aliphatic rings. The van der Waals surface area contributed by atoms with Crippen molar-refractivity contribution in [2.45, 2.75) is 20.8 Å². The molecule has 20 heavy (non-hydrogen) atoms. The zero-order valence-corrected chi connectivity index (χ0v) is 11.5. The van der Waals surface area contributed by atoms with Gasteiger partial charge in [0.25, 0.3) is 5.91 Å². The van der Waals surface area contributed by atoms with Gasteiger partial charge in [-0.1, -0.05) is 0 Å². The summed E-state index contributed by atoms with van der Waals surface area (Å²) >= 11 is 0. The Morgan fingerprint density at radius 2 is 1.85 bits per heavy atom. The molecule has 2 heterocycles. The van der Waals surface area contributed by atoms with E-state index in [9.17, 15) is 4.79 Å². The van der Waals surface area contributed by atoms with Gasteiger partial charge in [-0.3, -0.25) is 10.1 Å². The summed E-state index contributed by atoms with van der Waals surface area (Å²) in [4.78, 5) is 27.9. The highest BCUT2D eigenvalue weighted by Gasteiger charge is 2.08. The van der Waals surface area contributed by atoms with Crippen molar-refractivity contribution < 1.29 is 9.53 Å². The summed E-state index contributed by atoms with van der Waals surface area (Å²) in [6.45, 7) is 5.29. The van der Waals surface area contributed by atoms with Gasteiger partial charge in [0.2, 0.25) is 5.95 Å². The fourth-order valence-electron chi connectivity index (χ4n) is 1.57. The van der Waals surface area contributed by atoms with E-state index in [1.54, 1.807) is 12.3 Å². The summed E-state index contributed by atoms with van der Waals surface area (Å²) in [6, 6.07) is 3.74. The zero-order valence-electron chi connectivity index (χ0n) is 11.5. The van der Waals surface area contributed by atoms with Crippen molar-refractivity contribution in [3.8, 4) is 6.01 Å². The van der Waals surface area contributed by atoms with E-state index in [4.69, 9.17) is 4.74 Å². The van der Waals surface area contributed by atoms with Crippen LogP contribution in [0.1, 0.15) is 17.1 Å². The van der Waals surface area contributed by atoms with E-state index >= 15 is 0 Å². The maximum absolute atomic E-state index is 11.7. The van der Waals surface area contributed by atoms with Gasteiger partial charge < -0.3 is 4.74 Å². The zero-order chi connectivity index (χ0) is 14.5.